The summed E-state index contributed by atoms with van der Waals surface area (Å²) in [5.74, 6) is -0.644. The molecular formula is C11H13NO4. The first kappa shape index (κ1) is 12.0. The molecule has 0 fully saturated rings. The molecule has 0 spiro atoms. The fourth-order valence-electron chi connectivity index (χ4n) is 1.33. The lowest BCUT2D eigenvalue weighted by Gasteiger charge is -2.10. The molecule has 0 aliphatic carbocycles. The number of hydrogen-bond donors (Lipinski definition) is 2. The third kappa shape index (κ3) is 3.27. The van der Waals surface area contributed by atoms with E-state index in [4.69, 9.17) is 9.84 Å². The summed E-state index contributed by atoms with van der Waals surface area (Å²) in [4.78, 5) is 21.5. The Balaban J connectivity index is 3.00. The summed E-state index contributed by atoms with van der Waals surface area (Å²) in [7, 11) is 1.48. The van der Waals surface area contributed by atoms with E-state index >= 15 is 0 Å². The normalized spacial score (nSPS) is 9.62. The highest BCUT2D eigenvalue weighted by Gasteiger charge is 2.07. The number of methoxy groups -OCH3 is 1. The van der Waals surface area contributed by atoms with E-state index in [1.165, 1.54) is 14.0 Å². The molecule has 0 atom stereocenters. The molecule has 0 saturated heterocycles. The molecule has 0 aliphatic rings. The fraction of sp³-hybridized carbons (Fsp3) is 0.273. The minimum atomic E-state index is -0.918. The number of ether oxygens (including phenoxy) is 1. The lowest BCUT2D eigenvalue weighted by Crippen LogP contribution is -2.08. The van der Waals surface area contributed by atoms with E-state index in [0.29, 0.717) is 17.0 Å². The molecule has 5 nitrogen and oxygen atoms in total. The molecule has 0 saturated carbocycles. The van der Waals surface area contributed by atoms with Crippen LogP contribution in [0.1, 0.15) is 12.5 Å². The zero-order valence-electron chi connectivity index (χ0n) is 9.11. The Morgan fingerprint density at radius 1 is 1.44 bits per heavy atom. The van der Waals surface area contributed by atoms with Crippen molar-refractivity contribution in [3.8, 4) is 5.75 Å². The molecule has 0 aromatic heterocycles. The van der Waals surface area contributed by atoms with Crippen LogP contribution < -0.4 is 10.1 Å². The summed E-state index contributed by atoms with van der Waals surface area (Å²) in [6.45, 7) is 1.38. The van der Waals surface area contributed by atoms with Gasteiger partial charge < -0.3 is 15.2 Å². The van der Waals surface area contributed by atoms with Crippen LogP contribution >= 0.6 is 0 Å². The molecule has 86 valence electrons. The Morgan fingerprint density at radius 3 is 2.62 bits per heavy atom. The highest BCUT2D eigenvalue weighted by atomic mass is 16.5. The summed E-state index contributed by atoms with van der Waals surface area (Å²) in [6, 6.07) is 4.87. The first-order chi connectivity index (χ1) is 7.52. The molecule has 0 heterocycles. The van der Waals surface area contributed by atoms with Crippen LogP contribution in [0.25, 0.3) is 0 Å². The van der Waals surface area contributed by atoms with Crippen molar-refractivity contribution in [3.05, 3.63) is 23.8 Å². The zero-order valence-corrected chi connectivity index (χ0v) is 9.11. The number of carbonyl (C=O) groups excluding carboxylic acids is 1. The topological polar surface area (TPSA) is 75.6 Å². The van der Waals surface area contributed by atoms with Crippen LogP contribution in [0, 0.1) is 0 Å². The Bertz CT molecular complexity index is 414. The Morgan fingerprint density at radius 2 is 2.12 bits per heavy atom. The van der Waals surface area contributed by atoms with Crippen LogP contribution in [0.4, 0.5) is 5.69 Å². The lowest BCUT2D eigenvalue weighted by molar-refractivity contribution is -0.136. The molecular weight excluding hydrogens is 210 g/mol. The highest BCUT2D eigenvalue weighted by Crippen LogP contribution is 2.25. The maximum Gasteiger partial charge on any atom is 0.307 e. The van der Waals surface area contributed by atoms with Crippen LogP contribution in [-0.4, -0.2) is 24.1 Å². The third-order valence-corrected chi connectivity index (χ3v) is 1.93. The highest BCUT2D eigenvalue weighted by molar-refractivity contribution is 5.90. The average molecular weight is 223 g/mol. The number of rotatable bonds is 4. The van der Waals surface area contributed by atoms with Crippen molar-refractivity contribution in [2.75, 3.05) is 12.4 Å². The van der Waals surface area contributed by atoms with Gasteiger partial charge in [-0.1, -0.05) is 6.07 Å². The van der Waals surface area contributed by atoms with Crippen molar-refractivity contribution in [3.63, 3.8) is 0 Å². The lowest BCUT2D eigenvalue weighted by atomic mass is 10.1. The number of amides is 1. The second kappa shape index (κ2) is 5.16. The number of hydrogen-bond acceptors (Lipinski definition) is 3. The Kier molecular flexibility index (Phi) is 3.88. The molecule has 1 amide bonds. The van der Waals surface area contributed by atoms with Gasteiger partial charge in [-0.3, -0.25) is 9.59 Å². The van der Waals surface area contributed by atoms with Gasteiger partial charge in [-0.2, -0.15) is 0 Å². The molecule has 0 unspecified atom stereocenters. The minimum absolute atomic E-state index is 0.0867. The number of anilines is 1. The van der Waals surface area contributed by atoms with Gasteiger partial charge in [0.1, 0.15) is 5.75 Å². The third-order valence-electron chi connectivity index (χ3n) is 1.93. The fourth-order valence-corrected chi connectivity index (χ4v) is 1.33. The zero-order chi connectivity index (χ0) is 12.1. The number of carbonyl (C=O) groups is 2. The van der Waals surface area contributed by atoms with E-state index in [-0.39, 0.29) is 12.3 Å². The smallest absolute Gasteiger partial charge is 0.307 e. The van der Waals surface area contributed by atoms with Crippen LogP contribution in [0.2, 0.25) is 0 Å². The van der Waals surface area contributed by atoms with Gasteiger partial charge in [0, 0.05) is 6.92 Å². The minimum Gasteiger partial charge on any atom is -0.495 e. The van der Waals surface area contributed by atoms with Crippen molar-refractivity contribution < 1.29 is 19.4 Å². The number of nitrogens with one attached hydrogen (secondary N) is 1. The predicted molar refractivity (Wildman–Crippen MR) is 58.6 cm³/mol. The SMILES string of the molecule is COc1ccc(CC(=O)O)cc1NC(C)=O. The maximum atomic E-state index is 10.9. The monoisotopic (exact) mass is 223 g/mol. The van der Waals surface area contributed by atoms with E-state index in [1.807, 2.05) is 0 Å². The molecule has 0 bridgehead atoms. The first-order valence-corrected chi connectivity index (χ1v) is 4.69. The van der Waals surface area contributed by atoms with Crippen LogP contribution in [0.15, 0.2) is 18.2 Å². The second-order valence-electron chi connectivity index (χ2n) is 3.29. The second-order valence-corrected chi connectivity index (χ2v) is 3.29. The molecule has 1 aromatic carbocycles. The van der Waals surface area contributed by atoms with Gasteiger partial charge in [0.25, 0.3) is 0 Å². The van der Waals surface area contributed by atoms with Gasteiger partial charge >= 0.3 is 5.97 Å². The maximum absolute atomic E-state index is 10.9. The Hall–Kier alpha value is -2.04. The largest absolute Gasteiger partial charge is 0.495 e. The number of benzene rings is 1. The quantitative estimate of drug-likeness (QED) is 0.806. The van der Waals surface area contributed by atoms with Gasteiger partial charge in [0.05, 0.1) is 19.2 Å². The average Bonchev–Trinajstić information content (AvgIpc) is 2.16. The summed E-state index contributed by atoms with van der Waals surface area (Å²) >= 11 is 0. The summed E-state index contributed by atoms with van der Waals surface area (Å²) in [6.07, 6.45) is -0.0867. The van der Waals surface area contributed by atoms with Crippen molar-refractivity contribution >= 4 is 17.6 Å². The van der Waals surface area contributed by atoms with Crippen LogP contribution in [0.3, 0.4) is 0 Å². The first-order valence-electron chi connectivity index (χ1n) is 4.69. The predicted octanol–water partition coefficient (Wildman–Crippen LogP) is 1.28. The van der Waals surface area contributed by atoms with Gasteiger partial charge in [-0.15, -0.1) is 0 Å². The molecule has 5 heteroatoms. The van der Waals surface area contributed by atoms with Gasteiger partial charge in [-0.05, 0) is 17.7 Å². The van der Waals surface area contributed by atoms with Gasteiger partial charge in [0.2, 0.25) is 5.91 Å². The number of carboxylic acids is 1. The van der Waals surface area contributed by atoms with E-state index in [1.54, 1.807) is 18.2 Å². The van der Waals surface area contributed by atoms with Gasteiger partial charge in [0.15, 0.2) is 0 Å². The van der Waals surface area contributed by atoms with E-state index < -0.39 is 5.97 Å². The van der Waals surface area contributed by atoms with Crippen molar-refractivity contribution in [1.82, 2.24) is 0 Å². The van der Waals surface area contributed by atoms with E-state index in [0.717, 1.165) is 0 Å². The van der Waals surface area contributed by atoms with Crippen molar-refractivity contribution in [2.45, 2.75) is 13.3 Å². The number of carboxylic acid groups (broad SMARTS) is 1. The van der Waals surface area contributed by atoms with Crippen LogP contribution in [-0.2, 0) is 16.0 Å². The molecule has 2 N–H and O–H groups in total. The summed E-state index contributed by atoms with van der Waals surface area (Å²) < 4.78 is 5.04. The van der Waals surface area contributed by atoms with Crippen molar-refractivity contribution in [2.24, 2.45) is 0 Å². The molecule has 16 heavy (non-hydrogen) atoms. The van der Waals surface area contributed by atoms with Crippen LogP contribution in [0.5, 0.6) is 5.75 Å². The Labute approximate surface area is 93.0 Å². The summed E-state index contributed by atoms with van der Waals surface area (Å²) in [5.41, 5.74) is 1.09. The van der Waals surface area contributed by atoms with E-state index in [2.05, 4.69) is 5.32 Å². The van der Waals surface area contributed by atoms with Gasteiger partial charge in [-0.25, -0.2) is 0 Å². The summed E-state index contributed by atoms with van der Waals surface area (Å²) in [5, 5.41) is 11.2. The van der Waals surface area contributed by atoms with E-state index in [9.17, 15) is 9.59 Å². The number of aliphatic carboxylic acids is 1. The molecule has 1 aromatic rings. The molecule has 1 rings (SSSR count). The van der Waals surface area contributed by atoms with Crippen molar-refractivity contribution in [1.29, 1.82) is 0 Å². The molecule has 0 radical (unpaired) electrons. The molecule has 0 aliphatic heterocycles. The standard InChI is InChI=1S/C11H13NO4/c1-7(13)12-9-5-8(6-11(14)15)3-4-10(9)16-2/h3-5H,6H2,1-2H3,(H,12,13)(H,14,15).